The highest BCUT2D eigenvalue weighted by Crippen LogP contribution is 2.45. The van der Waals surface area contributed by atoms with Crippen molar-refractivity contribution < 1.29 is 13.6 Å². The molecule has 1 aliphatic carbocycles. The summed E-state index contributed by atoms with van der Waals surface area (Å²) in [4.78, 5) is 0. The first-order chi connectivity index (χ1) is 17.9. The van der Waals surface area contributed by atoms with Gasteiger partial charge in [-0.1, -0.05) is 135 Å². The molecule has 206 valence electrons. The van der Waals surface area contributed by atoms with Crippen LogP contribution in [0, 0.1) is 0 Å². The Bertz CT molecular complexity index is 1050. The van der Waals surface area contributed by atoms with Crippen molar-refractivity contribution >= 4 is 27.0 Å². The minimum Gasteiger partial charge on any atom is -0.401 e. The average Bonchev–Trinajstić information content (AvgIpc) is 3.27. The van der Waals surface area contributed by atoms with Crippen molar-refractivity contribution in [3.8, 4) is 0 Å². The molecule has 0 aromatic heterocycles. The molecule has 0 amide bonds. The summed E-state index contributed by atoms with van der Waals surface area (Å²) in [6.07, 6.45) is 7.22. The van der Waals surface area contributed by atoms with Crippen molar-refractivity contribution in [2.24, 2.45) is 0 Å². The summed E-state index contributed by atoms with van der Waals surface area (Å²) in [5.74, 6) is 0. The van der Waals surface area contributed by atoms with E-state index in [0.29, 0.717) is 16.6 Å². The third-order valence-electron chi connectivity index (χ3n) is 8.72. The van der Waals surface area contributed by atoms with Gasteiger partial charge >= 0.3 is 0 Å². The van der Waals surface area contributed by atoms with E-state index in [4.69, 9.17) is 13.6 Å². The van der Waals surface area contributed by atoms with Crippen LogP contribution in [0.4, 0.5) is 0 Å². The molecular formula is C33H48O3Si2. The first-order valence-corrected chi connectivity index (χ1v) is 18.5. The van der Waals surface area contributed by atoms with Gasteiger partial charge in [0.05, 0.1) is 12.2 Å². The number of ether oxygens (including phenoxy) is 1. The highest BCUT2D eigenvalue weighted by molar-refractivity contribution is 6.99. The minimum atomic E-state index is -2.63. The molecule has 5 heteroatoms. The summed E-state index contributed by atoms with van der Waals surface area (Å²) < 4.78 is 21.0. The molecule has 1 aliphatic heterocycles. The molecule has 3 atom stereocenters. The summed E-state index contributed by atoms with van der Waals surface area (Å²) in [5.41, 5.74) is 2.80. The number of benzene rings is 2. The Labute approximate surface area is 233 Å². The van der Waals surface area contributed by atoms with Gasteiger partial charge in [0.15, 0.2) is 6.29 Å². The minimum absolute atomic E-state index is 0.00593. The van der Waals surface area contributed by atoms with Gasteiger partial charge < -0.3 is 13.6 Å². The maximum absolute atomic E-state index is 7.39. The first-order valence-electron chi connectivity index (χ1n) is 14.4. The molecule has 2 unspecified atom stereocenters. The lowest BCUT2D eigenvalue weighted by Crippen LogP contribution is -2.67. The molecule has 0 bridgehead atoms. The van der Waals surface area contributed by atoms with Gasteiger partial charge in [-0.05, 0) is 43.7 Å². The molecule has 1 heterocycles. The van der Waals surface area contributed by atoms with E-state index in [0.717, 1.165) is 6.42 Å². The lowest BCUT2D eigenvalue weighted by Gasteiger charge is -2.45. The SMILES string of the molecule is CC(C)[Si](OC1C=C2C=C[C@H](O[Si](c3ccccc3)(c3ccccc3)C(C)(C)C)CC2O1)(C(C)C)C(C)C. The first kappa shape index (κ1) is 29.2. The monoisotopic (exact) mass is 548 g/mol. The Balaban J connectivity index is 1.61. The van der Waals surface area contributed by atoms with Crippen molar-refractivity contribution in [1.29, 1.82) is 0 Å². The predicted octanol–water partition coefficient (Wildman–Crippen LogP) is 7.73. The third kappa shape index (κ3) is 5.33. The molecule has 2 aliphatic rings. The van der Waals surface area contributed by atoms with E-state index in [2.05, 4.69) is 141 Å². The molecule has 2 aromatic rings. The molecule has 38 heavy (non-hydrogen) atoms. The summed E-state index contributed by atoms with van der Waals surface area (Å²) >= 11 is 0. The molecule has 0 fully saturated rings. The highest BCUT2D eigenvalue weighted by Gasteiger charge is 2.52. The number of fused-ring (bicyclic) bond motifs is 1. The average molecular weight is 549 g/mol. The van der Waals surface area contributed by atoms with Gasteiger partial charge in [0.1, 0.15) is 0 Å². The van der Waals surface area contributed by atoms with Crippen LogP contribution in [0.25, 0.3) is 0 Å². The summed E-state index contributed by atoms with van der Waals surface area (Å²) in [6, 6.07) is 21.8. The lowest BCUT2D eigenvalue weighted by molar-refractivity contribution is -0.0758. The van der Waals surface area contributed by atoms with Gasteiger partial charge in [0, 0.05) is 6.42 Å². The van der Waals surface area contributed by atoms with Gasteiger partial charge in [0.2, 0.25) is 8.32 Å². The van der Waals surface area contributed by atoms with Crippen molar-refractivity contribution in [1.82, 2.24) is 0 Å². The van der Waals surface area contributed by atoms with Crippen molar-refractivity contribution in [3.63, 3.8) is 0 Å². The third-order valence-corrected chi connectivity index (χ3v) is 19.8. The van der Waals surface area contributed by atoms with E-state index < -0.39 is 16.6 Å². The second-order valence-electron chi connectivity index (χ2n) is 13.0. The maximum Gasteiger partial charge on any atom is 0.261 e. The normalized spacial score (nSPS) is 22.3. The quantitative estimate of drug-likeness (QED) is 0.300. The second kappa shape index (κ2) is 11.4. The van der Waals surface area contributed by atoms with E-state index in [1.165, 1.54) is 15.9 Å². The van der Waals surface area contributed by atoms with Crippen LogP contribution in [0.2, 0.25) is 21.7 Å². The Hall–Kier alpha value is -1.77. The van der Waals surface area contributed by atoms with Crippen LogP contribution >= 0.6 is 0 Å². The van der Waals surface area contributed by atoms with Gasteiger partial charge in [-0.25, -0.2) is 0 Å². The Morgan fingerprint density at radius 3 is 1.71 bits per heavy atom. The van der Waals surface area contributed by atoms with Crippen LogP contribution in [0.15, 0.2) is 84.5 Å². The fraction of sp³-hybridized carbons (Fsp3) is 0.515. The Kier molecular flexibility index (Phi) is 8.75. The van der Waals surface area contributed by atoms with Crippen LogP contribution in [-0.2, 0) is 13.6 Å². The molecule has 0 spiro atoms. The summed E-state index contributed by atoms with van der Waals surface area (Å²) in [5, 5.41) is 2.56. The zero-order valence-corrected chi connectivity index (χ0v) is 26.9. The molecule has 0 saturated heterocycles. The van der Waals surface area contributed by atoms with E-state index in [9.17, 15) is 0 Å². The molecule has 2 aromatic carbocycles. The van der Waals surface area contributed by atoms with Crippen molar-refractivity contribution in [2.45, 2.75) is 109 Å². The Morgan fingerprint density at radius 1 is 0.763 bits per heavy atom. The van der Waals surface area contributed by atoms with Crippen LogP contribution in [0.5, 0.6) is 0 Å². The van der Waals surface area contributed by atoms with Gasteiger partial charge in [-0.3, -0.25) is 0 Å². The van der Waals surface area contributed by atoms with Gasteiger partial charge in [-0.15, -0.1) is 0 Å². The van der Waals surface area contributed by atoms with Crippen molar-refractivity contribution in [2.75, 3.05) is 0 Å². The van der Waals surface area contributed by atoms with Gasteiger partial charge in [-0.2, -0.15) is 0 Å². The smallest absolute Gasteiger partial charge is 0.261 e. The van der Waals surface area contributed by atoms with E-state index in [1.54, 1.807) is 0 Å². The Morgan fingerprint density at radius 2 is 1.26 bits per heavy atom. The molecule has 0 radical (unpaired) electrons. The number of hydrogen-bond acceptors (Lipinski definition) is 3. The van der Waals surface area contributed by atoms with Crippen LogP contribution in [-0.4, -0.2) is 35.1 Å². The standard InChI is InChI=1S/C33H48O3Si2/c1-24(2)37(25(3)4,26(5)6)36-32-22-27-20-21-28(23-31(27)34-32)35-38(33(7,8)9,29-16-12-10-13-17-29)30-18-14-11-15-19-30/h10-22,24-26,28,31-32H,23H2,1-9H3/t28-,31?,32?/m0/s1. The van der Waals surface area contributed by atoms with E-state index >= 15 is 0 Å². The fourth-order valence-corrected chi connectivity index (χ4v) is 17.1. The summed E-state index contributed by atoms with van der Waals surface area (Å²) in [7, 11) is -4.67. The molecular weight excluding hydrogens is 501 g/mol. The maximum atomic E-state index is 7.39. The molecule has 4 rings (SSSR count). The van der Waals surface area contributed by atoms with Crippen LogP contribution in [0.1, 0.15) is 68.7 Å². The topological polar surface area (TPSA) is 27.7 Å². The zero-order chi connectivity index (χ0) is 27.7. The second-order valence-corrected chi connectivity index (χ2v) is 22.7. The molecule has 3 nitrogen and oxygen atoms in total. The fourth-order valence-electron chi connectivity index (χ4n) is 7.08. The zero-order valence-electron chi connectivity index (χ0n) is 24.9. The van der Waals surface area contributed by atoms with E-state index in [-0.39, 0.29) is 23.5 Å². The van der Waals surface area contributed by atoms with Gasteiger partial charge in [0.25, 0.3) is 8.32 Å². The van der Waals surface area contributed by atoms with Crippen molar-refractivity contribution in [3.05, 3.63) is 84.5 Å². The molecule has 0 saturated carbocycles. The number of hydrogen-bond donors (Lipinski definition) is 0. The molecule has 0 N–H and O–H groups in total. The largest absolute Gasteiger partial charge is 0.401 e. The van der Waals surface area contributed by atoms with E-state index in [1.807, 2.05) is 0 Å². The highest BCUT2D eigenvalue weighted by atomic mass is 28.4. The van der Waals surface area contributed by atoms with Crippen LogP contribution in [0.3, 0.4) is 0 Å². The predicted molar refractivity (Wildman–Crippen MR) is 165 cm³/mol. The van der Waals surface area contributed by atoms with Crippen LogP contribution < -0.4 is 10.4 Å². The number of rotatable bonds is 9. The lowest BCUT2D eigenvalue weighted by atomic mass is 9.98. The summed E-state index contributed by atoms with van der Waals surface area (Å²) in [6.45, 7) is 21.0.